The Kier molecular flexibility index (Phi) is 4.60. The van der Waals surface area contributed by atoms with E-state index in [0.29, 0.717) is 0 Å². The number of hydrogen-bond acceptors (Lipinski definition) is 5. The molecule has 2 rings (SSSR count). The first-order valence-electron chi connectivity index (χ1n) is 6.08. The van der Waals surface area contributed by atoms with Crippen molar-refractivity contribution in [3.05, 3.63) is 42.0 Å². The minimum atomic E-state index is -0.745. The maximum absolute atomic E-state index is 13.4. The molecule has 0 aliphatic heterocycles. The fourth-order valence-electron chi connectivity index (χ4n) is 1.48. The predicted octanol–water partition coefficient (Wildman–Crippen LogP) is 3.07. The lowest BCUT2D eigenvalue weighted by Crippen LogP contribution is -2.14. The molecule has 0 radical (unpaired) electrons. The second kappa shape index (κ2) is 6.60. The summed E-state index contributed by atoms with van der Waals surface area (Å²) in [5.41, 5.74) is -0.321. The van der Waals surface area contributed by atoms with Gasteiger partial charge in [0.1, 0.15) is 17.3 Å². The molecule has 6 nitrogen and oxygen atoms in total. The molecular weight excluding hydrogens is 282 g/mol. The van der Waals surface area contributed by atoms with Crippen LogP contribution in [0, 0.1) is 11.6 Å². The Labute approximate surface area is 119 Å². The van der Waals surface area contributed by atoms with E-state index >= 15 is 0 Å². The van der Waals surface area contributed by atoms with Gasteiger partial charge in [0.25, 0.3) is 0 Å². The molecule has 0 spiro atoms. The van der Waals surface area contributed by atoms with Crippen LogP contribution >= 0.6 is 0 Å². The highest BCUT2D eigenvalue weighted by Crippen LogP contribution is 2.21. The molecule has 0 bridgehead atoms. The zero-order chi connectivity index (χ0) is 15.2. The molecule has 0 aliphatic rings. The number of hydrogen-bond donors (Lipinski definition) is 2. The maximum Gasteiger partial charge on any atom is 0.412 e. The zero-order valence-corrected chi connectivity index (χ0v) is 11.1. The average molecular weight is 294 g/mol. The van der Waals surface area contributed by atoms with Crippen LogP contribution in [-0.2, 0) is 4.74 Å². The van der Waals surface area contributed by atoms with Crippen LogP contribution in [0.15, 0.2) is 30.3 Å². The summed E-state index contributed by atoms with van der Waals surface area (Å²) in [6.45, 7) is 1.90. The molecule has 110 valence electrons. The number of para-hydroxylation sites is 1. The summed E-state index contributed by atoms with van der Waals surface area (Å²) in [4.78, 5) is 11.2. The Morgan fingerprint density at radius 1 is 1.14 bits per heavy atom. The van der Waals surface area contributed by atoms with Crippen LogP contribution in [-0.4, -0.2) is 22.9 Å². The number of benzene rings is 1. The van der Waals surface area contributed by atoms with Crippen LogP contribution in [0.4, 0.5) is 30.9 Å². The molecule has 0 aliphatic carbocycles. The van der Waals surface area contributed by atoms with Crippen LogP contribution in [0.1, 0.15) is 6.92 Å². The van der Waals surface area contributed by atoms with Crippen molar-refractivity contribution in [2.45, 2.75) is 6.92 Å². The summed E-state index contributed by atoms with van der Waals surface area (Å²) in [6, 6.07) is 6.34. The molecule has 1 aromatic carbocycles. The lowest BCUT2D eigenvalue weighted by Gasteiger charge is -2.08. The number of carbonyl (C=O) groups excluding carboxylic acids is 1. The van der Waals surface area contributed by atoms with Gasteiger partial charge < -0.3 is 10.1 Å². The molecule has 21 heavy (non-hydrogen) atoms. The Morgan fingerprint density at radius 3 is 2.33 bits per heavy atom. The normalized spacial score (nSPS) is 10.0. The number of rotatable bonds is 4. The van der Waals surface area contributed by atoms with Crippen molar-refractivity contribution in [1.29, 1.82) is 0 Å². The summed E-state index contributed by atoms with van der Waals surface area (Å²) in [6.07, 6.45) is -0.660. The SMILES string of the molecule is CCOC(=O)Nc1ccc(Nc2c(F)cccc2F)nn1. The second-order valence-electron chi connectivity index (χ2n) is 3.87. The molecule has 0 fully saturated rings. The van der Waals surface area contributed by atoms with Gasteiger partial charge in [-0.25, -0.2) is 13.6 Å². The monoisotopic (exact) mass is 294 g/mol. The van der Waals surface area contributed by atoms with Crippen molar-refractivity contribution in [2.24, 2.45) is 0 Å². The molecule has 1 aromatic heterocycles. The lowest BCUT2D eigenvalue weighted by atomic mass is 10.3. The maximum atomic E-state index is 13.4. The second-order valence-corrected chi connectivity index (χ2v) is 3.87. The molecule has 2 N–H and O–H groups in total. The van der Waals surface area contributed by atoms with E-state index in [4.69, 9.17) is 0 Å². The molecule has 2 aromatic rings. The number of aromatic nitrogens is 2. The predicted molar refractivity (Wildman–Crippen MR) is 72.3 cm³/mol. The highest BCUT2D eigenvalue weighted by molar-refractivity contribution is 5.83. The quantitative estimate of drug-likeness (QED) is 0.906. The molecule has 0 atom stereocenters. The van der Waals surface area contributed by atoms with Crippen molar-refractivity contribution in [3.8, 4) is 0 Å². The van der Waals surface area contributed by atoms with Gasteiger partial charge in [0.2, 0.25) is 0 Å². The van der Waals surface area contributed by atoms with Crippen LogP contribution in [0.3, 0.4) is 0 Å². The van der Waals surface area contributed by atoms with Crippen molar-refractivity contribution in [3.63, 3.8) is 0 Å². The van der Waals surface area contributed by atoms with Crippen molar-refractivity contribution < 1.29 is 18.3 Å². The Hall–Kier alpha value is -2.77. The summed E-state index contributed by atoms with van der Waals surface area (Å²) in [5, 5.41) is 12.2. The van der Waals surface area contributed by atoms with E-state index in [-0.39, 0.29) is 23.9 Å². The van der Waals surface area contributed by atoms with Crippen LogP contribution in [0.2, 0.25) is 0 Å². The first-order chi connectivity index (χ1) is 10.1. The third-order valence-electron chi connectivity index (χ3n) is 2.39. The number of nitrogens with one attached hydrogen (secondary N) is 2. The van der Waals surface area contributed by atoms with Crippen molar-refractivity contribution in [1.82, 2.24) is 10.2 Å². The van der Waals surface area contributed by atoms with Gasteiger partial charge in [-0.2, -0.15) is 0 Å². The molecule has 0 saturated heterocycles. The third-order valence-corrected chi connectivity index (χ3v) is 2.39. The molecule has 1 heterocycles. The Balaban J connectivity index is 2.07. The molecule has 1 amide bonds. The van der Waals surface area contributed by atoms with Gasteiger partial charge in [0, 0.05) is 0 Å². The van der Waals surface area contributed by atoms with E-state index in [1.54, 1.807) is 6.92 Å². The number of carbonyl (C=O) groups is 1. The molecule has 0 saturated carbocycles. The average Bonchev–Trinajstić information content (AvgIpc) is 2.45. The Morgan fingerprint density at radius 2 is 1.76 bits per heavy atom. The minimum Gasteiger partial charge on any atom is -0.450 e. The topological polar surface area (TPSA) is 76.1 Å². The van der Waals surface area contributed by atoms with E-state index in [1.165, 1.54) is 18.2 Å². The minimum absolute atomic E-state index is 0.133. The summed E-state index contributed by atoms with van der Waals surface area (Å²) < 4.78 is 31.6. The number of halogens is 2. The number of anilines is 3. The highest BCUT2D eigenvalue weighted by atomic mass is 19.1. The smallest absolute Gasteiger partial charge is 0.412 e. The van der Waals surface area contributed by atoms with Gasteiger partial charge in [0.05, 0.1) is 6.61 Å². The van der Waals surface area contributed by atoms with Crippen molar-refractivity contribution >= 4 is 23.4 Å². The van der Waals surface area contributed by atoms with Gasteiger partial charge in [-0.15, -0.1) is 10.2 Å². The largest absolute Gasteiger partial charge is 0.450 e. The highest BCUT2D eigenvalue weighted by Gasteiger charge is 2.10. The van der Waals surface area contributed by atoms with Gasteiger partial charge in [-0.1, -0.05) is 6.07 Å². The number of ether oxygens (including phenoxy) is 1. The van der Waals surface area contributed by atoms with E-state index in [2.05, 4.69) is 25.6 Å². The first kappa shape index (κ1) is 14.6. The van der Waals surface area contributed by atoms with Crippen LogP contribution in [0.25, 0.3) is 0 Å². The van der Waals surface area contributed by atoms with E-state index < -0.39 is 17.7 Å². The van der Waals surface area contributed by atoms with E-state index in [1.807, 2.05) is 0 Å². The fraction of sp³-hybridized carbons (Fsp3) is 0.154. The van der Waals surface area contributed by atoms with E-state index in [9.17, 15) is 13.6 Å². The van der Waals surface area contributed by atoms with Gasteiger partial charge >= 0.3 is 6.09 Å². The zero-order valence-electron chi connectivity index (χ0n) is 11.1. The lowest BCUT2D eigenvalue weighted by molar-refractivity contribution is 0.168. The molecular formula is C13H12F2N4O2. The number of amides is 1. The van der Waals surface area contributed by atoms with Gasteiger partial charge in [-0.05, 0) is 31.2 Å². The third kappa shape index (κ3) is 3.85. The summed E-state index contributed by atoms with van der Waals surface area (Å²) in [7, 11) is 0. The molecule has 0 unspecified atom stereocenters. The van der Waals surface area contributed by atoms with Crippen molar-refractivity contribution in [2.75, 3.05) is 17.2 Å². The number of nitrogens with zero attached hydrogens (tertiary/aromatic N) is 2. The molecule has 8 heteroatoms. The van der Waals surface area contributed by atoms with Crippen LogP contribution in [0.5, 0.6) is 0 Å². The van der Waals surface area contributed by atoms with Gasteiger partial charge in [0.15, 0.2) is 11.6 Å². The Bertz CT molecular complexity index is 614. The van der Waals surface area contributed by atoms with Gasteiger partial charge in [-0.3, -0.25) is 5.32 Å². The fourth-order valence-corrected chi connectivity index (χ4v) is 1.48. The summed E-state index contributed by atoms with van der Waals surface area (Å²) in [5.74, 6) is -1.20. The first-order valence-corrected chi connectivity index (χ1v) is 6.08. The summed E-state index contributed by atoms with van der Waals surface area (Å²) >= 11 is 0. The standard InChI is InChI=1S/C13H12F2N4O2/c1-2-21-13(20)17-11-7-6-10(18-19-11)16-12-8(14)4-3-5-9(12)15/h3-7H,2H2,1H3,(H,16,18)(H,17,19,20). The van der Waals surface area contributed by atoms with Crippen LogP contribution < -0.4 is 10.6 Å². The van der Waals surface area contributed by atoms with E-state index in [0.717, 1.165) is 12.1 Å².